The minimum atomic E-state index is 0.265. The molecule has 1 fully saturated rings. The Hall–Kier alpha value is -1.35. The predicted octanol–water partition coefficient (Wildman–Crippen LogP) is 3.13. The van der Waals surface area contributed by atoms with E-state index >= 15 is 0 Å². The van der Waals surface area contributed by atoms with Crippen LogP contribution in [0.25, 0.3) is 0 Å². The van der Waals surface area contributed by atoms with E-state index in [1.807, 2.05) is 30.3 Å². The van der Waals surface area contributed by atoms with Gasteiger partial charge in [-0.05, 0) is 31.4 Å². The molecule has 1 saturated carbocycles. The van der Waals surface area contributed by atoms with Crippen molar-refractivity contribution in [3.63, 3.8) is 0 Å². The second-order valence-corrected chi connectivity index (χ2v) is 6.04. The number of rotatable bonds is 6. The molecule has 0 saturated heterocycles. The second kappa shape index (κ2) is 8.83. The zero-order chi connectivity index (χ0) is 14.9. The fraction of sp³-hybridized carbons (Fsp3) is 0.611. The number of carbonyl (C=O) groups is 1. The third-order valence-corrected chi connectivity index (χ3v) is 4.39. The van der Waals surface area contributed by atoms with Crippen molar-refractivity contribution in [2.24, 2.45) is 5.73 Å². The Bertz CT molecular complexity index is 410. The van der Waals surface area contributed by atoms with Crippen molar-refractivity contribution in [2.45, 2.75) is 57.4 Å². The summed E-state index contributed by atoms with van der Waals surface area (Å²) in [6, 6.07) is 10.5. The first-order chi connectivity index (χ1) is 10.3. The number of benzene rings is 1. The smallest absolute Gasteiger partial charge is 0.227 e. The van der Waals surface area contributed by atoms with Gasteiger partial charge in [0.2, 0.25) is 5.91 Å². The maximum atomic E-state index is 12.7. The van der Waals surface area contributed by atoms with Gasteiger partial charge in [-0.3, -0.25) is 4.79 Å². The van der Waals surface area contributed by atoms with Crippen LogP contribution in [0.4, 0.5) is 0 Å². The van der Waals surface area contributed by atoms with Crippen molar-refractivity contribution >= 4 is 5.91 Å². The lowest BCUT2D eigenvalue weighted by Crippen LogP contribution is -2.42. The Morgan fingerprint density at radius 2 is 1.76 bits per heavy atom. The zero-order valence-corrected chi connectivity index (χ0v) is 13.0. The van der Waals surface area contributed by atoms with Gasteiger partial charge in [0.1, 0.15) is 0 Å². The molecule has 0 heterocycles. The highest BCUT2D eigenvalue weighted by Crippen LogP contribution is 2.23. The second-order valence-electron chi connectivity index (χ2n) is 6.04. The fourth-order valence-electron chi connectivity index (χ4n) is 3.21. The summed E-state index contributed by atoms with van der Waals surface area (Å²) in [5.41, 5.74) is 6.76. The van der Waals surface area contributed by atoms with Gasteiger partial charge >= 0.3 is 0 Å². The van der Waals surface area contributed by atoms with E-state index in [0.717, 1.165) is 31.4 Å². The molecule has 1 aromatic carbocycles. The molecule has 2 N–H and O–H groups in total. The Kier molecular flexibility index (Phi) is 6.74. The minimum absolute atomic E-state index is 0.265. The predicted molar refractivity (Wildman–Crippen MR) is 87.0 cm³/mol. The first-order valence-electron chi connectivity index (χ1n) is 8.34. The summed E-state index contributed by atoms with van der Waals surface area (Å²) in [4.78, 5) is 14.8. The molecule has 0 atom stereocenters. The summed E-state index contributed by atoms with van der Waals surface area (Å²) in [7, 11) is 0. The zero-order valence-electron chi connectivity index (χ0n) is 13.0. The third kappa shape index (κ3) is 5.16. The lowest BCUT2D eigenvalue weighted by molar-refractivity contribution is -0.133. The quantitative estimate of drug-likeness (QED) is 0.817. The van der Waals surface area contributed by atoms with Crippen LogP contribution < -0.4 is 5.73 Å². The molecule has 0 aromatic heterocycles. The van der Waals surface area contributed by atoms with Crippen molar-refractivity contribution in [3.05, 3.63) is 35.9 Å². The van der Waals surface area contributed by atoms with Crippen LogP contribution in [0.2, 0.25) is 0 Å². The van der Waals surface area contributed by atoms with Crippen molar-refractivity contribution in [2.75, 3.05) is 13.1 Å². The van der Waals surface area contributed by atoms with Crippen molar-refractivity contribution < 1.29 is 4.79 Å². The van der Waals surface area contributed by atoms with E-state index < -0.39 is 0 Å². The highest BCUT2D eigenvalue weighted by atomic mass is 16.2. The maximum absolute atomic E-state index is 12.7. The van der Waals surface area contributed by atoms with Gasteiger partial charge in [-0.25, -0.2) is 0 Å². The fourth-order valence-corrected chi connectivity index (χ4v) is 3.21. The number of hydrogen-bond acceptors (Lipinski definition) is 2. The van der Waals surface area contributed by atoms with Gasteiger partial charge in [-0.2, -0.15) is 0 Å². The molecule has 21 heavy (non-hydrogen) atoms. The molecule has 0 radical (unpaired) electrons. The number of amides is 1. The topological polar surface area (TPSA) is 46.3 Å². The molecular formula is C18H28N2O. The third-order valence-electron chi connectivity index (χ3n) is 4.39. The molecule has 3 nitrogen and oxygen atoms in total. The Morgan fingerprint density at radius 1 is 1.10 bits per heavy atom. The SMILES string of the molecule is NCCCN(C(=O)Cc1ccccc1)C1CCCCCC1. The largest absolute Gasteiger partial charge is 0.339 e. The standard InChI is InChI=1S/C18H28N2O/c19-13-8-14-20(17-11-6-1-2-7-12-17)18(21)15-16-9-4-3-5-10-16/h3-5,9-10,17H,1-2,6-8,11-15,19H2. The highest BCUT2D eigenvalue weighted by molar-refractivity contribution is 5.79. The van der Waals surface area contributed by atoms with Crippen LogP contribution in [0, 0.1) is 0 Å². The van der Waals surface area contributed by atoms with E-state index in [4.69, 9.17) is 5.73 Å². The summed E-state index contributed by atoms with van der Waals surface area (Å²) in [5.74, 6) is 0.265. The summed E-state index contributed by atoms with van der Waals surface area (Å²) >= 11 is 0. The highest BCUT2D eigenvalue weighted by Gasteiger charge is 2.24. The maximum Gasteiger partial charge on any atom is 0.227 e. The van der Waals surface area contributed by atoms with Gasteiger partial charge in [0.25, 0.3) is 0 Å². The summed E-state index contributed by atoms with van der Waals surface area (Å²) < 4.78 is 0. The van der Waals surface area contributed by atoms with Gasteiger partial charge in [-0.1, -0.05) is 56.0 Å². The molecule has 0 unspecified atom stereocenters. The van der Waals surface area contributed by atoms with Gasteiger partial charge in [0.05, 0.1) is 6.42 Å². The molecule has 0 aliphatic heterocycles. The molecule has 1 aliphatic rings. The number of nitrogens with two attached hydrogens (primary N) is 1. The molecule has 0 spiro atoms. The van der Waals surface area contributed by atoms with E-state index in [9.17, 15) is 4.79 Å². The minimum Gasteiger partial charge on any atom is -0.339 e. The van der Waals surface area contributed by atoms with E-state index in [1.165, 1.54) is 25.7 Å². The van der Waals surface area contributed by atoms with E-state index in [0.29, 0.717) is 19.0 Å². The summed E-state index contributed by atoms with van der Waals surface area (Å²) in [6.07, 6.45) is 8.86. The van der Waals surface area contributed by atoms with Gasteiger partial charge in [-0.15, -0.1) is 0 Å². The van der Waals surface area contributed by atoms with Crippen LogP contribution in [0.15, 0.2) is 30.3 Å². The first kappa shape index (κ1) is 16.0. The van der Waals surface area contributed by atoms with Crippen molar-refractivity contribution in [1.29, 1.82) is 0 Å². The number of carbonyl (C=O) groups excluding carboxylic acids is 1. The van der Waals surface area contributed by atoms with Gasteiger partial charge < -0.3 is 10.6 Å². The molecule has 2 rings (SSSR count). The van der Waals surface area contributed by atoms with Crippen LogP contribution in [-0.4, -0.2) is 29.9 Å². The van der Waals surface area contributed by atoms with Crippen LogP contribution in [0.1, 0.15) is 50.5 Å². The number of hydrogen-bond donors (Lipinski definition) is 1. The van der Waals surface area contributed by atoms with Crippen molar-refractivity contribution in [3.8, 4) is 0 Å². The molecule has 116 valence electrons. The summed E-state index contributed by atoms with van der Waals surface area (Å²) in [5, 5.41) is 0. The molecule has 1 aliphatic carbocycles. The Balaban J connectivity index is 2.01. The average Bonchev–Trinajstić information content (AvgIpc) is 2.78. The van der Waals surface area contributed by atoms with Crippen LogP contribution in [0.3, 0.4) is 0 Å². The lowest BCUT2D eigenvalue weighted by Gasteiger charge is -2.31. The molecule has 1 amide bonds. The normalized spacial score (nSPS) is 16.4. The average molecular weight is 288 g/mol. The molecular weight excluding hydrogens is 260 g/mol. The van der Waals surface area contributed by atoms with E-state index in [2.05, 4.69) is 4.90 Å². The molecule has 3 heteroatoms. The first-order valence-corrected chi connectivity index (χ1v) is 8.34. The van der Waals surface area contributed by atoms with Gasteiger partial charge in [0, 0.05) is 12.6 Å². The monoisotopic (exact) mass is 288 g/mol. The number of nitrogens with zero attached hydrogens (tertiary/aromatic N) is 1. The molecule has 1 aromatic rings. The lowest BCUT2D eigenvalue weighted by atomic mass is 10.0. The van der Waals surface area contributed by atoms with Crippen LogP contribution in [-0.2, 0) is 11.2 Å². The summed E-state index contributed by atoms with van der Waals surface area (Å²) in [6.45, 7) is 1.47. The van der Waals surface area contributed by atoms with E-state index in [1.54, 1.807) is 0 Å². The van der Waals surface area contributed by atoms with Crippen molar-refractivity contribution in [1.82, 2.24) is 4.90 Å². The van der Waals surface area contributed by atoms with E-state index in [-0.39, 0.29) is 5.91 Å². The Morgan fingerprint density at radius 3 is 2.38 bits per heavy atom. The van der Waals surface area contributed by atoms with Crippen LogP contribution in [0.5, 0.6) is 0 Å². The van der Waals surface area contributed by atoms with Gasteiger partial charge in [0.15, 0.2) is 0 Å². The Labute approximate surface area is 128 Å². The molecule has 0 bridgehead atoms. The van der Waals surface area contributed by atoms with Crippen LogP contribution >= 0.6 is 0 Å².